The lowest BCUT2D eigenvalue weighted by molar-refractivity contribution is 0.0831. The maximum atomic E-state index is 13.1. The first kappa shape index (κ1) is 19.7. The van der Waals surface area contributed by atoms with Crippen LogP contribution in [0.3, 0.4) is 0 Å². The molecule has 0 bridgehead atoms. The Kier molecular flexibility index (Phi) is 6.02. The number of piperidine rings is 1. The summed E-state index contributed by atoms with van der Waals surface area (Å²) in [6.07, 6.45) is 4.79. The van der Waals surface area contributed by atoms with Crippen LogP contribution < -0.4 is 0 Å². The number of rotatable bonds is 6. The number of carbonyl (C=O) groups excluding carboxylic acids is 1. The van der Waals surface area contributed by atoms with Crippen LogP contribution in [0.25, 0.3) is 0 Å². The minimum Gasteiger partial charge on any atom is -0.301 e. The molecule has 1 aromatic heterocycles. The van der Waals surface area contributed by atoms with Crippen molar-refractivity contribution in [3.63, 3.8) is 0 Å². The second-order valence-electron chi connectivity index (χ2n) is 7.36. The molecule has 1 unspecified atom stereocenters. The fraction of sp³-hybridized carbons (Fsp3) is 0.318. The molecular weight excluding hydrogens is 391 g/mol. The van der Waals surface area contributed by atoms with Crippen molar-refractivity contribution in [2.75, 3.05) is 19.6 Å². The molecule has 1 fully saturated rings. The Hall–Kier alpha value is -2.57. The van der Waals surface area contributed by atoms with Crippen molar-refractivity contribution < 1.29 is 9.18 Å². The fourth-order valence-electron chi connectivity index (χ4n) is 3.92. The van der Waals surface area contributed by atoms with Crippen molar-refractivity contribution >= 4 is 17.4 Å². The van der Waals surface area contributed by atoms with Gasteiger partial charge in [0.15, 0.2) is 5.78 Å². The third kappa shape index (κ3) is 4.54. The summed E-state index contributed by atoms with van der Waals surface area (Å²) in [7, 11) is 0. The molecule has 150 valence electrons. The summed E-state index contributed by atoms with van der Waals surface area (Å²) in [5.41, 5.74) is 1.59. The first-order valence-electron chi connectivity index (χ1n) is 9.72. The number of halogens is 2. The molecule has 0 saturated carbocycles. The Bertz CT molecular complexity index is 953. The van der Waals surface area contributed by atoms with Gasteiger partial charge < -0.3 is 4.90 Å². The number of aromatic nitrogens is 3. The van der Waals surface area contributed by atoms with E-state index in [9.17, 15) is 9.18 Å². The summed E-state index contributed by atoms with van der Waals surface area (Å²) < 4.78 is 14.9. The minimum absolute atomic E-state index is 0.0261. The quantitative estimate of drug-likeness (QED) is 0.568. The van der Waals surface area contributed by atoms with Crippen LogP contribution in [0.15, 0.2) is 61.2 Å². The van der Waals surface area contributed by atoms with Crippen molar-refractivity contribution in [3.05, 3.63) is 83.2 Å². The monoisotopic (exact) mass is 412 g/mol. The number of Topliss-reactive ketones (excluding diaryl/α,β-unsaturated/α-hetero) is 1. The van der Waals surface area contributed by atoms with Gasteiger partial charge >= 0.3 is 0 Å². The molecule has 0 aliphatic carbocycles. The first-order valence-corrected chi connectivity index (χ1v) is 10.1. The lowest BCUT2D eigenvalue weighted by Crippen LogP contribution is -2.40. The van der Waals surface area contributed by atoms with E-state index in [1.807, 2.05) is 28.9 Å². The zero-order valence-corrected chi connectivity index (χ0v) is 16.7. The van der Waals surface area contributed by atoms with E-state index in [0.29, 0.717) is 10.6 Å². The van der Waals surface area contributed by atoms with Gasteiger partial charge in [-0.1, -0.05) is 29.8 Å². The summed E-state index contributed by atoms with van der Waals surface area (Å²) in [6.45, 7) is 2.37. The summed E-state index contributed by atoms with van der Waals surface area (Å²) in [6, 6.07) is 13.6. The second-order valence-corrected chi connectivity index (χ2v) is 7.77. The van der Waals surface area contributed by atoms with Crippen LogP contribution in [-0.2, 0) is 0 Å². The van der Waals surface area contributed by atoms with Gasteiger partial charge in [0.1, 0.15) is 18.5 Å². The number of hydrogen-bond acceptors (Lipinski definition) is 4. The molecule has 5 nitrogen and oxygen atoms in total. The highest BCUT2D eigenvalue weighted by atomic mass is 35.5. The number of ketones is 1. The van der Waals surface area contributed by atoms with E-state index in [-0.39, 0.29) is 23.6 Å². The summed E-state index contributed by atoms with van der Waals surface area (Å²) in [5.74, 6) is -0.250. The van der Waals surface area contributed by atoms with Crippen LogP contribution >= 0.6 is 11.6 Å². The molecule has 29 heavy (non-hydrogen) atoms. The summed E-state index contributed by atoms with van der Waals surface area (Å²) >= 11 is 6.45. The van der Waals surface area contributed by atoms with E-state index >= 15 is 0 Å². The highest BCUT2D eigenvalue weighted by Gasteiger charge is 2.28. The second kappa shape index (κ2) is 8.84. The van der Waals surface area contributed by atoms with Gasteiger partial charge in [-0.3, -0.25) is 4.79 Å². The van der Waals surface area contributed by atoms with Gasteiger partial charge in [0, 0.05) is 23.0 Å². The van der Waals surface area contributed by atoms with E-state index in [2.05, 4.69) is 15.0 Å². The largest absolute Gasteiger partial charge is 0.301 e. The molecule has 0 spiro atoms. The average molecular weight is 413 g/mol. The predicted octanol–water partition coefficient (Wildman–Crippen LogP) is 4.25. The Morgan fingerprint density at radius 3 is 2.52 bits per heavy atom. The van der Waals surface area contributed by atoms with E-state index in [4.69, 9.17) is 11.6 Å². The van der Waals surface area contributed by atoms with Gasteiger partial charge in [0.2, 0.25) is 0 Å². The molecule has 0 amide bonds. The van der Waals surface area contributed by atoms with Gasteiger partial charge in [-0.15, -0.1) is 0 Å². The van der Waals surface area contributed by atoms with E-state index in [1.165, 1.54) is 18.5 Å². The molecule has 1 saturated heterocycles. The molecule has 1 atom stereocenters. The lowest BCUT2D eigenvalue weighted by atomic mass is 9.88. The Morgan fingerprint density at radius 1 is 1.14 bits per heavy atom. The summed E-state index contributed by atoms with van der Waals surface area (Å²) in [5, 5.41) is 5.03. The van der Waals surface area contributed by atoms with Gasteiger partial charge in [-0.25, -0.2) is 14.1 Å². The van der Waals surface area contributed by atoms with Crippen molar-refractivity contribution in [2.45, 2.75) is 18.9 Å². The third-order valence-corrected chi connectivity index (χ3v) is 5.88. The van der Waals surface area contributed by atoms with E-state index in [1.54, 1.807) is 18.5 Å². The van der Waals surface area contributed by atoms with Crippen LogP contribution in [0.4, 0.5) is 4.39 Å². The molecular formula is C22H22ClFN4O. The van der Waals surface area contributed by atoms with Crippen LogP contribution in [0.2, 0.25) is 5.02 Å². The number of nitrogens with zero attached hydrogens (tertiary/aromatic N) is 4. The molecule has 1 aliphatic rings. The van der Waals surface area contributed by atoms with Crippen LogP contribution in [0, 0.1) is 11.7 Å². The smallest absolute Gasteiger partial charge is 0.166 e. The van der Waals surface area contributed by atoms with Crippen LogP contribution in [-0.4, -0.2) is 45.1 Å². The lowest BCUT2D eigenvalue weighted by Gasteiger charge is -2.34. The maximum absolute atomic E-state index is 13.1. The number of likely N-dealkylation sites (tertiary alicyclic amines) is 1. The Balaban J connectivity index is 1.43. The third-order valence-electron chi connectivity index (χ3n) is 5.54. The minimum atomic E-state index is -0.324. The van der Waals surface area contributed by atoms with E-state index < -0.39 is 0 Å². The molecule has 0 N–H and O–H groups in total. The van der Waals surface area contributed by atoms with Gasteiger partial charge in [-0.05, 0) is 61.8 Å². The first-order chi connectivity index (χ1) is 14.1. The number of hydrogen-bond donors (Lipinski definition) is 0. The summed E-state index contributed by atoms with van der Waals surface area (Å²) in [4.78, 5) is 19.1. The van der Waals surface area contributed by atoms with Crippen molar-refractivity contribution in [1.29, 1.82) is 0 Å². The SMILES string of the molecule is O=C(c1ccc(F)cc1)C1CCN(CC(c2ccccc2Cl)n2cncn2)CC1. The molecule has 0 radical (unpaired) electrons. The normalized spacial score (nSPS) is 16.6. The highest BCUT2D eigenvalue weighted by molar-refractivity contribution is 6.31. The van der Waals surface area contributed by atoms with Gasteiger partial charge in [0.25, 0.3) is 0 Å². The average Bonchev–Trinajstić information content (AvgIpc) is 3.28. The standard InChI is InChI=1S/C22H22ClFN4O/c23-20-4-2-1-3-19(20)21(28-15-25-14-26-28)13-27-11-9-17(10-12-27)22(29)16-5-7-18(24)8-6-16/h1-8,14-15,17,21H,9-13H2. The molecule has 7 heteroatoms. The molecule has 1 aliphatic heterocycles. The van der Waals surface area contributed by atoms with E-state index in [0.717, 1.165) is 38.0 Å². The Labute approximate surface area is 174 Å². The van der Waals surface area contributed by atoms with Crippen LogP contribution in [0.5, 0.6) is 0 Å². The fourth-order valence-corrected chi connectivity index (χ4v) is 4.18. The highest BCUT2D eigenvalue weighted by Crippen LogP contribution is 2.28. The maximum Gasteiger partial charge on any atom is 0.166 e. The van der Waals surface area contributed by atoms with Gasteiger partial charge in [-0.2, -0.15) is 5.10 Å². The van der Waals surface area contributed by atoms with Gasteiger partial charge in [0.05, 0.1) is 6.04 Å². The van der Waals surface area contributed by atoms with Crippen molar-refractivity contribution in [3.8, 4) is 0 Å². The Morgan fingerprint density at radius 2 is 1.86 bits per heavy atom. The zero-order valence-electron chi connectivity index (χ0n) is 15.9. The topological polar surface area (TPSA) is 51.0 Å². The predicted molar refractivity (Wildman–Crippen MR) is 110 cm³/mol. The van der Waals surface area contributed by atoms with Crippen LogP contribution in [0.1, 0.15) is 34.8 Å². The number of benzene rings is 2. The number of carbonyl (C=O) groups is 1. The zero-order chi connectivity index (χ0) is 20.2. The van der Waals surface area contributed by atoms with Crippen molar-refractivity contribution in [1.82, 2.24) is 19.7 Å². The molecule has 4 rings (SSSR count). The van der Waals surface area contributed by atoms with Crippen molar-refractivity contribution in [2.24, 2.45) is 5.92 Å². The molecule has 2 heterocycles. The molecule has 3 aromatic rings. The molecule has 2 aromatic carbocycles.